The molecular formula is C5H7ClFN3. The van der Waals surface area contributed by atoms with Crippen LogP contribution in [0.4, 0.5) is 4.39 Å². The molecule has 0 aliphatic rings. The number of hydrogen-bond donors (Lipinski definition) is 0. The van der Waals surface area contributed by atoms with E-state index in [1.807, 2.05) is 0 Å². The quantitative estimate of drug-likeness (QED) is 0.623. The summed E-state index contributed by atoms with van der Waals surface area (Å²) in [5.74, 6) is 0.888. The molecule has 5 heteroatoms. The van der Waals surface area contributed by atoms with Crippen molar-refractivity contribution in [3.05, 3.63) is 12.2 Å². The molecule has 0 bridgehead atoms. The zero-order chi connectivity index (χ0) is 7.40. The molecule has 1 heterocycles. The van der Waals surface area contributed by atoms with Crippen molar-refractivity contribution in [2.24, 2.45) is 0 Å². The molecule has 3 nitrogen and oxygen atoms in total. The first kappa shape index (κ1) is 7.47. The molecule has 0 N–H and O–H groups in total. The van der Waals surface area contributed by atoms with Gasteiger partial charge in [0, 0.05) is 0 Å². The third-order valence-electron chi connectivity index (χ3n) is 1.14. The maximum Gasteiger partial charge on any atom is 0.147 e. The van der Waals surface area contributed by atoms with Crippen LogP contribution in [-0.4, -0.2) is 21.4 Å². The highest BCUT2D eigenvalue weighted by molar-refractivity contribution is 6.16. The molecule has 0 saturated heterocycles. The molecule has 0 aliphatic carbocycles. The van der Waals surface area contributed by atoms with Crippen LogP contribution in [0.15, 0.2) is 6.33 Å². The topological polar surface area (TPSA) is 30.7 Å². The van der Waals surface area contributed by atoms with Gasteiger partial charge in [0.2, 0.25) is 0 Å². The molecule has 0 atom stereocenters. The molecule has 0 unspecified atom stereocenters. The fraction of sp³-hybridized carbons (Fsp3) is 0.600. The van der Waals surface area contributed by atoms with E-state index in [9.17, 15) is 4.39 Å². The largest absolute Gasteiger partial charge is 0.314 e. The summed E-state index contributed by atoms with van der Waals surface area (Å²) >= 11 is 5.46. The second kappa shape index (κ2) is 3.51. The molecule has 1 aromatic heterocycles. The van der Waals surface area contributed by atoms with Gasteiger partial charge in [-0.25, -0.2) is 4.39 Å². The minimum Gasteiger partial charge on any atom is -0.314 e. The number of alkyl halides is 2. The van der Waals surface area contributed by atoms with Gasteiger partial charge in [0.1, 0.15) is 18.8 Å². The maximum absolute atomic E-state index is 11.8. The van der Waals surface area contributed by atoms with E-state index in [1.165, 1.54) is 6.33 Å². The summed E-state index contributed by atoms with van der Waals surface area (Å²) in [6.07, 6.45) is 1.47. The SMILES string of the molecule is FCCn1cnnc1CCl. The molecule has 10 heavy (non-hydrogen) atoms. The van der Waals surface area contributed by atoms with Crippen molar-refractivity contribution in [1.82, 2.24) is 14.8 Å². The van der Waals surface area contributed by atoms with E-state index in [0.717, 1.165) is 0 Å². The van der Waals surface area contributed by atoms with E-state index >= 15 is 0 Å². The molecule has 1 aromatic rings. The zero-order valence-electron chi connectivity index (χ0n) is 5.30. The van der Waals surface area contributed by atoms with E-state index in [4.69, 9.17) is 11.6 Å². The number of halogens is 2. The van der Waals surface area contributed by atoms with Crippen LogP contribution in [0.25, 0.3) is 0 Å². The van der Waals surface area contributed by atoms with Crippen molar-refractivity contribution in [2.75, 3.05) is 6.67 Å². The monoisotopic (exact) mass is 163 g/mol. The Morgan fingerprint density at radius 2 is 2.50 bits per heavy atom. The maximum atomic E-state index is 11.8. The van der Waals surface area contributed by atoms with Crippen molar-refractivity contribution >= 4 is 11.6 Å². The van der Waals surface area contributed by atoms with E-state index < -0.39 is 6.67 Å². The number of aryl methyl sites for hydroxylation is 1. The number of hydrogen-bond acceptors (Lipinski definition) is 2. The lowest BCUT2D eigenvalue weighted by molar-refractivity contribution is 0.441. The average Bonchev–Trinajstić information content (AvgIpc) is 2.36. The van der Waals surface area contributed by atoms with Crippen LogP contribution in [0.5, 0.6) is 0 Å². The van der Waals surface area contributed by atoms with Crippen molar-refractivity contribution in [1.29, 1.82) is 0 Å². The molecule has 56 valence electrons. The number of aromatic nitrogens is 3. The summed E-state index contributed by atoms with van der Waals surface area (Å²) in [5.41, 5.74) is 0. The summed E-state index contributed by atoms with van der Waals surface area (Å²) in [7, 11) is 0. The lowest BCUT2D eigenvalue weighted by atomic mass is 10.6. The van der Waals surface area contributed by atoms with Crippen LogP contribution in [0.3, 0.4) is 0 Å². The highest BCUT2D eigenvalue weighted by Gasteiger charge is 1.99. The summed E-state index contributed by atoms with van der Waals surface area (Å²) in [4.78, 5) is 0. The predicted molar refractivity (Wildman–Crippen MR) is 35.6 cm³/mol. The zero-order valence-corrected chi connectivity index (χ0v) is 6.05. The molecule has 0 radical (unpaired) electrons. The summed E-state index contributed by atoms with van der Waals surface area (Å²) in [5, 5.41) is 7.24. The normalized spacial score (nSPS) is 10.2. The van der Waals surface area contributed by atoms with Gasteiger partial charge in [-0.1, -0.05) is 0 Å². The lowest BCUT2D eigenvalue weighted by Gasteiger charge is -1.97. The van der Waals surface area contributed by atoms with Crippen molar-refractivity contribution in [3.8, 4) is 0 Å². The summed E-state index contributed by atoms with van der Waals surface area (Å²) in [6, 6.07) is 0. The van der Waals surface area contributed by atoms with Crippen molar-refractivity contribution in [2.45, 2.75) is 12.4 Å². The van der Waals surface area contributed by atoms with Gasteiger partial charge < -0.3 is 4.57 Å². The Labute approximate surface area is 62.8 Å². The first-order chi connectivity index (χ1) is 4.88. The third-order valence-corrected chi connectivity index (χ3v) is 1.38. The van der Waals surface area contributed by atoms with Gasteiger partial charge in [-0.05, 0) is 0 Å². The van der Waals surface area contributed by atoms with Gasteiger partial charge in [-0.2, -0.15) is 0 Å². The Bertz CT molecular complexity index is 201. The molecule has 0 aromatic carbocycles. The first-order valence-electron chi connectivity index (χ1n) is 2.87. The Balaban J connectivity index is 2.70. The van der Waals surface area contributed by atoms with E-state index in [1.54, 1.807) is 4.57 Å². The lowest BCUT2D eigenvalue weighted by Crippen LogP contribution is -2.02. The molecule has 0 amide bonds. The minimum absolute atomic E-state index is 0.278. The Hall–Kier alpha value is -0.640. The van der Waals surface area contributed by atoms with Crippen LogP contribution in [0.2, 0.25) is 0 Å². The van der Waals surface area contributed by atoms with E-state index in [-0.39, 0.29) is 12.4 Å². The van der Waals surface area contributed by atoms with Gasteiger partial charge in [-0.3, -0.25) is 0 Å². The van der Waals surface area contributed by atoms with Gasteiger partial charge in [0.15, 0.2) is 0 Å². The van der Waals surface area contributed by atoms with Crippen LogP contribution in [0.1, 0.15) is 5.82 Å². The van der Waals surface area contributed by atoms with Crippen molar-refractivity contribution in [3.63, 3.8) is 0 Å². The fourth-order valence-electron chi connectivity index (χ4n) is 0.660. The number of nitrogens with zero attached hydrogens (tertiary/aromatic N) is 3. The van der Waals surface area contributed by atoms with Crippen LogP contribution < -0.4 is 0 Å². The summed E-state index contributed by atoms with van der Waals surface area (Å²) in [6.45, 7) is -0.128. The first-order valence-corrected chi connectivity index (χ1v) is 3.40. The van der Waals surface area contributed by atoms with E-state index in [0.29, 0.717) is 5.82 Å². The second-order valence-electron chi connectivity index (χ2n) is 1.76. The molecule has 0 saturated carbocycles. The Kier molecular flexibility index (Phi) is 2.62. The molecule has 0 aliphatic heterocycles. The third kappa shape index (κ3) is 1.44. The average molecular weight is 164 g/mol. The predicted octanol–water partition coefficient (Wildman–Crippen LogP) is 0.986. The molecule has 0 fully saturated rings. The van der Waals surface area contributed by atoms with Gasteiger partial charge in [-0.15, -0.1) is 21.8 Å². The number of rotatable bonds is 3. The minimum atomic E-state index is -0.415. The Morgan fingerprint density at radius 3 is 3.10 bits per heavy atom. The van der Waals surface area contributed by atoms with Gasteiger partial charge in [0.25, 0.3) is 0 Å². The van der Waals surface area contributed by atoms with Crippen LogP contribution in [0, 0.1) is 0 Å². The van der Waals surface area contributed by atoms with Gasteiger partial charge >= 0.3 is 0 Å². The summed E-state index contributed by atoms with van der Waals surface area (Å²) < 4.78 is 13.3. The highest BCUT2D eigenvalue weighted by atomic mass is 35.5. The molecule has 0 spiro atoms. The second-order valence-corrected chi connectivity index (χ2v) is 2.03. The Morgan fingerprint density at radius 1 is 1.70 bits per heavy atom. The van der Waals surface area contributed by atoms with Gasteiger partial charge in [0.05, 0.1) is 12.4 Å². The standard InChI is InChI=1S/C5H7ClFN3/c6-3-5-9-8-4-10(5)2-1-7/h4H,1-3H2. The molecular weight excluding hydrogens is 157 g/mol. The fourth-order valence-corrected chi connectivity index (χ4v) is 0.867. The smallest absolute Gasteiger partial charge is 0.147 e. The van der Waals surface area contributed by atoms with E-state index in [2.05, 4.69) is 10.2 Å². The van der Waals surface area contributed by atoms with Crippen molar-refractivity contribution < 1.29 is 4.39 Å². The highest BCUT2D eigenvalue weighted by Crippen LogP contribution is 1.98. The van der Waals surface area contributed by atoms with Crippen LogP contribution in [-0.2, 0) is 12.4 Å². The van der Waals surface area contributed by atoms with Crippen LogP contribution >= 0.6 is 11.6 Å². The molecule has 1 rings (SSSR count).